The van der Waals surface area contributed by atoms with Crippen LogP contribution in [0.1, 0.15) is 25.0 Å². The minimum absolute atomic E-state index is 0.722. The van der Waals surface area contributed by atoms with Crippen molar-refractivity contribution in [3.05, 3.63) is 23.3 Å². The molecule has 0 saturated carbocycles. The summed E-state index contributed by atoms with van der Waals surface area (Å²) in [7, 11) is 0. The Morgan fingerprint density at radius 3 is 2.14 bits per heavy atom. The summed E-state index contributed by atoms with van der Waals surface area (Å²) in [5, 5.41) is 3.36. The maximum Gasteiger partial charge on any atom is 0.119 e. The Hall–Kier alpha value is -1.18. The van der Waals surface area contributed by atoms with Crippen LogP contribution in [0.4, 0.5) is 5.69 Å². The quantitative estimate of drug-likeness (QED) is 0.793. The molecule has 0 fully saturated rings. The van der Waals surface area contributed by atoms with Crippen LogP contribution < -0.4 is 10.1 Å². The number of rotatable bonds is 4. The Labute approximate surface area is 86.3 Å². The highest BCUT2D eigenvalue weighted by Crippen LogP contribution is 2.25. The molecule has 14 heavy (non-hydrogen) atoms. The second kappa shape index (κ2) is 4.89. The molecule has 1 rings (SSSR count). The van der Waals surface area contributed by atoms with Gasteiger partial charge in [-0.25, -0.2) is 0 Å². The van der Waals surface area contributed by atoms with Crippen LogP contribution >= 0.6 is 0 Å². The van der Waals surface area contributed by atoms with Crippen molar-refractivity contribution in [3.63, 3.8) is 0 Å². The number of ether oxygens (including phenoxy) is 1. The molecule has 0 unspecified atom stereocenters. The van der Waals surface area contributed by atoms with Crippen LogP contribution in [0.25, 0.3) is 0 Å². The number of hydrogen-bond acceptors (Lipinski definition) is 2. The predicted octanol–water partition coefficient (Wildman–Crippen LogP) is 3.13. The SMILES string of the molecule is CCNc1c(C)cc(OCC)cc1C. The monoisotopic (exact) mass is 193 g/mol. The average Bonchev–Trinajstić information content (AvgIpc) is 2.12. The van der Waals surface area contributed by atoms with E-state index in [-0.39, 0.29) is 0 Å². The van der Waals surface area contributed by atoms with E-state index in [2.05, 4.69) is 38.2 Å². The van der Waals surface area contributed by atoms with Crippen molar-refractivity contribution in [1.29, 1.82) is 0 Å². The van der Waals surface area contributed by atoms with Gasteiger partial charge in [0.05, 0.1) is 6.61 Å². The molecule has 2 heteroatoms. The molecule has 0 radical (unpaired) electrons. The molecule has 0 aromatic heterocycles. The summed E-state index contributed by atoms with van der Waals surface area (Å²) in [5.41, 5.74) is 3.72. The van der Waals surface area contributed by atoms with E-state index >= 15 is 0 Å². The summed E-state index contributed by atoms with van der Waals surface area (Å²) in [6.07, 6.45) is 0. The number of hydrogen-bond donors (Lipinski definition) is 1. The predicted molar refractivity (Wildman–Crippen MR) is 61.2 cm³/mol. The molecule has 0 heterocycles. The molecule has 0 aliphatic rings. The molecule has 2 nitrogen and oxygen atoms in total. The lowest BCUT2D eigenvalue weighted by molar-refractivity contribution is 0.340. The first kappa shape index (κ1) is 10.9. The molecule has 0 spiro atoms. The van der Waals surface area contributed by atoms with Crippen molar-refractivity contribution >= 4 is 5.69 Å². The standard InChI is InChI=1S/C12H19NO/c1-5-13-12-9(3)7-11(14-6-2)8-10(12)4/h7-8,13H,5-6H2,1-4H3. The van der Waals surface area contributed by atoms with Crippen molar-refractivity contribution in [2.24, 2.45) is 0 Å². The molecule has 1 aromatic rings. The van der Waals surface area contributed by atoms with Crippen LogP contribution in [-0.2, 0) is 0 Å². The van der Waals surface area contributed by atoms with Crippen LogP contribution in [-0.4, -0.2) is 13.2 Å². The molecule has 0 saturated heterocycles. The second-order valence-corrected chi connectivity index (χ2v) is 3.40. The van der Waals surface area contributed by atoms with Crippen molar-refractivity contribution in [2.45, 2.75) is 27.7 Å². The lowest BCUT2D eigenvalue weighted by atomic mass is 10.1. The highest BCUT2D eigenvalue weighted by molar-refractivity contribution is 5.59. The van der Waals surface area contributed by atoms with Crippen molar-refractivity contribution in [1.82, 2.24) is 0 Å². The fraction of sp³-hybridized carbons (Fsp3) is 0.500. The van der Waals surface area contributed by atoms with Crippen molar-refractivity contribution in [2.75, 3.05) is 18.5 Å². The molecular formula is C12H19NO. The number of anilines is 1. The Balaban J connectivity index is 2.98. The van der Waals surface area contributed by atoms with Crippen molar-refractivity contribution < 1.29 is 4.74 Å². The van der Waals surface area contributed by atoms with Gasteiger partial charge in [0.25, 0.3) is 0 Å². The molecule has 0 aliphatic carbocycles. The van der Waals surface area contributed by atoms with Crippen molar-refractivity contribution in [3.8, 4) is 5.75 Å². The van der Waals surface area contributed by atoms with Crippen LogP contribution in [0.15, 0.2) is 12.1 Å². The normalized spacial score (nSPS) is 10.0. The third kappa shape index (κ3) is 2.41. The summed E-state index contributed by atoms with van der Waals surface area (Å²) in [4.78, 5) is 0. The zero-order valence-corrected chi connectivity index (χ0v) is 9.48. The van der Waals surface area contributed by atoms with Gasteiger partial charge in [-0.05, 0) is 51.0 Å². The Bertz CT molecular complexity index is 284. The highest BCUT2D eigenvalue weighted by Gasteiger charge is 2.04. The van der Waals surface area contributed by atoms with Crippen LogP contribution in [0.2, 0.25) is 0 Å². The molecule has 0 amide bonds. The second-order valence-electron chi connectivity index (χ2n) is 3.40. The highest BCUT2D eigenvalue weighted by atomic mass is 16.5. The van der Waals surface area contributed by atoms with Crippen LogP contribution in [0.3, 0.4) is 0 Å². The lowest BCUT2D eigenvalue weighted by Crippen LogP contribution is -2.02. The van der Waals surface area contributed by atoms with Gasteiger partial charge in [0.15, 0.2) is 0 Å². The van der Waals surface area contributed by atoms with Gasteiger partial charge in [-0.2, -0.15) is 0 Å². The average molecular weight is 193 g/mol. The number of nitrogens with one attached hydrogen (secondary N) is 1. The lowest BCUT2D eigenvalue weighted by Gasteiger charge is -2.13. The largest absolute Gasteiger partial charge is 0.494 e. The van der Waals surface area contributed by atoms with E-state index in [1.807, 2.05) is 6.92 Å². The van der Waals surface area contributed by atoms with E-state index in [0.717, 1.165) is 18.9 Å². The molecule has 0 aliphatic heterocycles. The van der Waals surface area contributed by atoms with Gasteiger partial charge in [0.1, 0.15) is 5.75 Å². The third-order valence-corrected chi connectivity index (χ3v) is 2.17. The maximum absolute atomic E-state index is 5.47. The van der Waals surface area contributed by atoms with E-state index in [1.165, 1.54) is 16.8 Å². The van der Waals surface area contributed by atoms with Gasteiger partial charge < -0.3 is 10.1 Å². The molecule has 1 N–H and O–H groups in total. The van der Waals surface area contributed by atoms with Gasteiger partial charge in [-0.3, -0.25) is 0 Å². The smallest absolute Gasteiger partial charge is 0.119 e. The van der Waals surface area contributed by atoms with Crippen LogP contribution in [0.5, 0.6) is 5.75 Å². The molecule has 1 aromatic carbocycles. The van der Waals surface area contributed by atoms with Crippen LogP contribution in [0, 0.1) is 13.8 Å². The third-order valence-electron chi connectivity index (χ3n) is 2.17. The molecule has 78 valence electrons. The fourth-order valence-corrected chi connectivity index (χ4v) is 1.63. The first-order chi connectivity index (χ1) is 6.69. The van der Waals surface area contributed by atoms with E-state index in [0.29, 0.717) is 0 Å². The summed E-state index contributed by atoms with van der Waals surface area (Å²) >= 11 is 0. The summed E-state index contributed by atoms with van der Waals surface area (Å²) in [6, 6.07) is 4.16. The van der Waals surface area contributed by atoms with E-state index in [1.54, 1.807) is 0 Å². The summed E-state index contributed by atoms with van der Waals surface area (Å²) in [6.45, 7) is 9.99. The Morgan fingerprint density at radius 2 is 1.71 bits per heavy atom. The summed E-state index contributed by atoms with van der Waals surface area (Å²) < 4.78 is 5.47. The van der Waals surface area contributed by atoms with Gasteiger partial charge in [-0.1, -0.05) is 0 Å². The maximum atomic E-state index is 5.47. The first-order valence-electron chi connectivity index (χ1n) is 5.17. The Morgan fingerprint density at radius 1 is 1.14 bits per heavy atom. The Kier molecular flexibility index (Phi) is 3.81. The number of benzene rings is 1. The van der Waals surface area contributed by atoms with Gasteiger partial charge >= 0.3 is 0 Å². The minimum Gasteiger partial charge on any atom is -0.494 e. The van der Waals surface area contributed by atoms with E-state index in [4.69, 9.17) is 4.74 Å². The zero-order valence-electron chi connectivity index (χ0n) is 9.48. The molecule has 0 bridgehead atoms. The minimum atomic E-state index is 0.722. The van der Waals surface area contributed by atoms with Gasteiger partial charge in [-0.15, -0.1) is 0 Å². The fourth-order valence-electron chi connectivity index (χ4n) is 1.63. The number of aryl methyl sites for hydroxylation is 2. The van der Waals surface area contributed by atoms with E-state index in [9.17, 15) is 0 Å². The zero-order chi connectivity index (χ0) is 10.6. The summed E-state index contributed by atoms with van der Waals surface area (Å²) in [5.74, 6) is 0.962. The van der Waals surface area contributed by atoms with Gasteiger partial charge in [0.2, 0.25) is 0 Å². The molecular weight excluding hydrogens is 174 g/mol. The van der Waals surface area contributed by atoms with E-state index < -0.39 is 0 Å². The first-order valence-corrected chi connectivity index (χ1v) is 5.17. The topological polar surface area (TPSA) is 21.3 Å². The van der Waals surface area contributed by atoms with Gasteiger partial charge in [0, 0.05) is 12.2 Å². The molecule has 0 atom stereocenters.